The molecule has 0 aliphatic heterocycles. The number of furan rings is 1. The predicted molar refractivity (Wildman–Crippen MR) is 63.3 cm³/mol. The monoisotopic (exact) mass is 223 g/mol. The molecule has 1 heterocycles. The van der Waals surface area contributed by atoms with E-state index in [0.717, 1.165) is 50.2 Å². The molecule has 0 radical (unpaired) electrons. The van der Waals surface area contributed by atoms with Crippen LogP contribution in [0.5, 0.6) is 0 Å². The minimum Gasteiger partial charge on any atom is -0.465 e. The average molecular weight is 223 g/mol. The molecule has 90 valence electrons. The number of ether oxygens (including phenoxy) is 1. The van der Waals surface area contributed by atoms with Crippen LogP contribution in [-0.4, -0.2) is 19.8 Å². The summed E-state index contributed by atoms with van der Waals surface area (Å²) in [5.41, 5.74) is 0. The van der Waals surface area contributed by atoms with Crippen molar-refractivity contribution in [1.82, 2.24) is 5.32 Å². The molecule has 1 N–H and O–H groups in total. The second-order valence-corrected chi connectivity index (χ2v) is 4.42. The number of aryl methyl sites for hydroxylation is 1. The molecule has 1 aliphatic rings. The van der Waals surface area contributed by atoms with Crippen molar-refractivity contribution in [2.24, 2.45) is 5.92 Å². The van der Waals surface area contributed by atoms with Gasteiger partial charge in [-0.2, -0.15) is 0 Å². The highest BCUT2D eigenvalue weighted by molar-refractivity contribution is 5.06. The van der Waals surface area contributed by atoms with E-state index >= 15 is 0 Å². The molecule has 16 heavy (non-hydrogen) atoms. The van der Waals surface area contributed by atoms with Gasteiger partial charge in [-0.25, -0.2) is 0 Å². The van der Waals surface area contributed by atoms with Gasteiger partial charge >= 0.3 is 0 Å². The van der Waals surface area contributed by atoms with Crippen LogP contribution in [0.1, 0.15) is 31.3 Å². The molecule has 1 fully saturated rings. The van der Waals surface area contributed by atoms with Crippen molar-refractivity contribution in [2.45, 2.75) is 32.7 Å². The molecule has 0 aromatic carbocycles. The van der Waals surface area contributed by atoms with E-state index in [1.54, 1.807) is 0 Å². The second-order valence-electron chi connectivity index (χ2n) is 4.42. The van der Waals surface area contributed by atoms with E-state index < -0.39 is 0 Å². The zero-order chi connectivity index (χ0) is 11.2. The molecule has 0 unspecified atom stereocenters. The van der Waals surface area contributed by atoms with Gasteiger partial charge in [0.1, 0.15) is 11.5 Å². The predicted octanol–water partition coefficient (Wildman–Crippen LogP) is 2.36. The van der Waals surface area contributed by atoms with Crippen molar-refractivity contribution in [3.8, 4) is 0 Å². The smallest absolute Gasteiger partial charge is 0.117 e. The van der Waals surface area contributed by atoms with Crippen LogP contribution in [0.4, 0.5) is 0 Å². The quantitative estimate of drug-likeness (QED) is 0.687. The lowest BCUT2D eigenvalue weighted by atomic mass is 10.3. The van der Waals surface area contributed by atoms with Crippen LogP contribution in [-0.2, 0) is 17.7 Å². The Morgan fingerprint density at radius 1 is 1.38 bits per heavy atom. The fraction of sp³-hybridized carbons (Fsp3) is 0.692. The lowest BCUT2D eigenvalue weighted by Crippen LogP contribution is -2.19. The molecule has 1 aliphatic carbocycles. The Kier molecular flexibility index (Phi) is 4.43. The van der Waals surface area contributed by atoms with Crippen LogP contribution in [0, 0.1) is 5.92 Å². The summed E-state index contributed by atoms with van der Waals surface area (Å²) in [4.78, 5) is 0. The number of hydrogen-bond acceptors (Lipinski definition) is 3. The summed E-state index contributed by atoms with van der Waals surface area (Å²) in [7, 11) is 0. The van der Waals surface area contributed by atoms with Gasteiger partial charge in [-0.3, -0.25) is 0 Å². The third-order valence-electron chi connectivity index (χ3n) is 2.84. The van der Waals surface area contributed by atoms with E-state index in [2.05, 4.69) is 12.2 Å². The van der Waals surface area contributed by atoms with E-state index in [9.17, 15) is 0 Å². The summed E-state index contributed by atoms with van der Waals surface area (Å²) >= 11 is 0. The van der Waals surface area contributed by atoms with Crippen molar-refractivity contribution in [3.05, 3.63) is 23.7 Å². The summed E-state index contributed by atoms with van der Waals surface area (Å²) in [5, 5.41) is 3.31. The first-order valence-electron chi connectivity index (χ1n) is 6.24. The molecular formula is C13H21NO2. The van der Waals surface area contributed by atoms with Crippen LogP contribution in [0.15, 0.2) is 16.5 Å². The lowest BCUT2D eigenvalue weighted by Gasteiger charge is -2.04. The van der Waals surface area contributed by atoms with Crippen molar-refractivity contribution in [2.75, 3.05) is 19.8 Å². The lowest BCUT2D eigenvalue weighted by molar-refractivity contribution is 0.125. The maximum Gasteiger partial charge on any atom is 0.117 e. The van der Waals surface area contributed by atoms with Gasteiger partial charge in [0.05, 0.1) is 13.2 Å². The van der Waals surface area contributed by atoms with E-state index in [-0.39, 0.29) is 0 Å². The maximum atomic E-state index is 5.58. The van der Waals surface area contributed by atoms with Crippen LogP contribution in [0.3, 0.4) is 0 Å². The Morgan fingerprint density at radius 3 is 2.88 bits per heavy atom. The Bertz CT molecular complexity index is 305. The second kappa shape index (κ2) is 6.06. The first-order valence-corrected chi connectivity index (χ1v) is 6.24. The van der Waals surface area contributed by atoms with Crippen LogP contribution in [0.2, 0.25) is 0 Å². The van der Waals surface area contributed by atoms with E-state index in [1.165, 1.54) is 12.8 Å². The van der Waals surface area contributed by atoms with Crippen LogP contribution in [0.25, 0.3) is 0 Å². The standard InChI is InChI=1S/C13H21NO2/c1-2-12-5-6-13(16-12)9-14-7-8-15-10-11-3-4-11/h5-6,11,14H,2-4,7-10H2,1H3. The summed E-state index contributed by atoms with van der Waals surface area (Å²) in [6.07, 6.45) is 3.68. The molecule has 3 nitrogen and oxygen atoms in total. The zero-order valence-corrected chi connectivity index (χ0v) is 10.00. The van der Waals surface area contributed by atoms with Gasteiger partial charge in [0, 0.05) is 19.6 Å². The first-order chi connectivity index (χ1) is 7.88. The van der Waals surface area contributed by atoms with Gasteiger partial charge in [-0.05, 0) is 30.9 Å². The van der Waals surface area contributed by atoms with Crippen molar-refractivity contribution in [3.63, 3.8) is 0 Å². The molecule has 1 saturated carbocycles. The molecule has 0 amide bonds. The van der Waals surface area contributed by atoms with Gasteiger partial charge < -0.3 is 14.5 Å². The number of hydrogen-bond donors (Lipinski definition) is 1. The maximum absolute atomic E-state index is 5.58. The van der Waals surface area contributed by atoms with E-state index in [0.29, 0.717) is 0 Å². The minimum absolute atomic E-state index is 0.798. The molecule has 0 atom stereocenters. The fourth-order valence-electron chi connectivity index (χ4n) is 1.60. The first kappa shape index (κ1) is 11.7. The highest BCUT2D eigenvalue weighted by Crippen LogP contribution is 2.28. The van der Waals surface area contributed by atoms with Gasteiger partial charge in [-0.1, -0.05) is 6.92 Å². The summed E-state index contributed by atoms with van der Waals surface area (Å²) in [5.74, 6) is 2.93. The highest BCUT2D eigenvalue weighted by Gasteiger charge is 2.20. The molecular weight excluding hydrogens is 202 g/mol. The zero-order valence-electron chi connectivity index (χ0n) is 10.00. The topological polar surface area (TPSA) is 34.4 Å². The van der Waals surface area contributed by atoms with Gasteiger partial charge in [0.25, 0.3) is 0 Å². The minimum atomic E-state index is 0.798. The molecule has 0 bridgehead atoms. The van der Waals surface area contributed by atoms with Crippen molar-refractivity contribution in [1.29, 1.82) is 0 Å². The number of nitrogens with one attached hydrogen (secondary N) is 1. The molecule has 3 heteroatoms. The SMILES string of the molecule is CCc1ccc(CNCCOCC2CC2)o1. The van der Waals surface area contributed by atoms with Gasteiger partial charge in [-0.15, -0.1) is 0 Å². The summed E-state index contributed by atoms with van der Waals surface area (Å²) < 4.78 is 11.1. The van der Waals surface area contributed by atoms with Crippen molar-refractivity contribution < 1.29 is 9.15 Å². The Hall–Kier alpha value is -0.800. The third-order valence-corrected chi connectivity index (χ3v) is 2.84. The summed E-state index contributed by atoms with van der Waals surface area (Å²) in [6, 6.07) is 4.08. The average Bonchev–Trinajstić information content (AvgIpc) is 3.01. The van der Waals surface area contributed by atoms with Gasteiger partial charge in [0.2, 0.25) is 0 Å². The van der Waals surface area contributed by atoms with Crippen LogP contribution >= 0.6 is 0 Å². The normalized spacial score (nSPS) is 15.6. The van der Waals surface area contributed by atoms with E-state index in [1.807, 2.05) is 12.1 Å². The van der Waals surface area contributed by atoms with Crippen LogP contribution < -0.4 is 5.32 Å². The Morgan fingerprint density at radius 2 is 2.19 bits per heavy atom. The highest BCUT2D eigenvalue weighted by atomic mass is 16.5. The van der Waals surface area contributed by atoms with E-state index in [4.69, 9.17) is 9.15 Å². The third kappa shape index (κ3) is 3.99. The molecule has 1 aromatic rings. The molecule has 0 spiro atoms. The van der Waals surface area contributed by atoms with Crippen molar-refractivity contribution >= 4 is 0 Å². The Balaban J connectivity index is 1.49. The fourth-order valence-corrected chi connectivity index (χ4v) is 1.60. The molecule has 0 saturated heterocycles. The van der Waals surface area contributed by atoms with Gasteiger partial charge in [0.15, 0.2) is 0 Å². The number of rotatable bonds is 8. The largest absolute Gasteiger partial charge is 0.465 e. The molecule has 1 aromatic heterocycles. The Labute approximate surface area is 97.2 Å². The molecule has 2 rings (SSSR count). The summed E-state index contributed by atoms with van der Waals surface area (Å²) in [6.45, 7) is 5.55.